The molecule has 2 aromatic rings. The number of thiazole rings is 1. The zero-order valence-corrected chi connectivity index (χ0v) is 19.5. The zero-order valence-electron chi connectivity index (χ0n) is 17.9. The van der Waals surface area contributed by atoms with Crippen molar-refractivity contribution in [1.29, 1.82) is 0 Å². The van der Waals surface area contributed by atoms with Crippen LogP contribution in [0.5, 0.6) is 0 Å². The first-order valence-corrected chi connectivity index (χ1v) is 11.7. The van der Waals surface area contributed by atoms with E-state index in [-0.39, 0.29) is 17.9 Å². The Labute approximate surface area is 186 Å². The monoisotopic (exact) mass is 444 g/mol. The number of amides is 2. The van der Waals surface area contributed by atoms with Crippen molar-refractivity contribution in [1.82, 2.24) is 14.8 Å². The summed E-state index contributed by atoms with van der Waals surface area (Å²) in [6, 6.07) is 4.09. The van der Waals surface area contributed by atoms with Gasteiger partial charge in [0, 0.05) is 43.2 Å². The summed E-state index contributed by atoms with van der Waals surface area (Å²) in [5.41, 5.74) is 2.83. The van der Waals surface area contributed by atoms with E-state index in [1.807, 2.05) is 43.0 Å². The fraction of sp³-hybridized carbons (Fsp3) is 0.409. The predicted octanol–water partition coefficient (Wildman–Crippen LogP) is 4.20. The highest BCUT2D eigenvalue weighted by Crippen LogP contribution is 2.37. The molecule has 1 aliphatic heterocycles. The normalized spacial score (nSPS) is 16.5. The average Bonchev–Trinajstić information content (AvgIpc) is 3.21. The fourth-order valence-electron chi connectivity index (χ4n) is 3.67. The van der Waals surface area contributed by atoms with Gasteiger partial charge in [0.25, 0.3) is 5.91 Å². The number of carbonyl (C=O) groups excluding carboxylic acids is 2. The third kappa shape index (κ3) is 4.70. The first kappa shape index (κ1) is 22.4. The second-order valence-electron chi connectivity index (χ2n) is 7.32. The van der Waals surface area contributed by atoms with Gasteiger partial charge in [-0.25, -0.2) is 4.98 Å². The number of benzene rings is 1. The topological polar surface area (TPSA) is 65.5 Å². The van der Waals surface area contributed by atoms with Gasteiger partial charge in [0.15, 0.2) is 5.13 Å². The highest BCUT2D eigenvalue weighted by Gasteiger charge is 2.31. The van der Waals surface area contributed by atoms with Gasteiger partial charge in [-0.15, -0.1) is 0 Å². The van der Waals surface area contributed by atoms with Gasteiger partial charge >= 0.3 is 0 Å². The Morgan fingerprint density at radius 2 is 2.10 bits per heavy atom. The molecule has 1 fully saturated rings. The van der Waals surface area contributed by atoms with Crippen molar-refractivity contribution < 1.29 is 9.59 Å². The zero-order chi connectivity index (χ0) is 21.8. The molecule has 0 aliphatic carbocycles. The number of aromatic nitrogens is 1. The molecule has 160 valence electrons. The molecule has 0 spiro atoms. The third-order valence-electron chi connectivity index (χ3n) is 5.36. The fourth-order valence-corrected chi connectivity index (χ4v) is 5.57. The molecule has 0 saturated carbocycles. The summed E-state index contributed by atoms with van der Waals surface area (Å²) in [5, 5.41) is 3.93. The lowest BCUT2D eigenvalue weighted by Crippen LogP contribution is -2.56. The van der Waals surface area contributed by atoms with Gasteiger partial charge in [-0.05, 0) is 43.5 Å². The summed E-state index contributed by atoms with van der Waals surface area (Å²) in [6.07, 6.45) is 4.01. The van der Waals surface area contributed by atoms with E-state index in [0.29, 0.717) is 19.6 Å². The molecule has 1 unspecified atom stereocenters. The molecule has 0 radical (unpaired) electrons. The van der Waals surface area contributed by atoms with Crippen LogP contribution in [0.25, 0.3) is 0 Å². The van der Waals surface area contributed by atoms with Gasteiger partial charge in [0.2, 0.25) is 5.91 Å². The molecular weight excluding hydrogens is 416 g/mol. The molecule has 1 aliphatic rings. The number of carbonyl (C=O) groups is 2. The number of hydrogen-bond acceptors (Lipinski definition) is 6. The van der Waals surface area contributed by atoms with Crippen molar-refractivity contribution in [2.24, 2.45) is 0 Å². The molecular formula is C22H28N4O2S2. The van der Waals surface area contributed by atoms with Gasteiger partial charge in [-0.2, -0.15) is 0 Å². The Kier molecular flexibility index (Phi) is 7.20. The standard InChI is InChI=1S/C22H28N4O2S2/c1-6-16-13-25(8-9-26(16)19(27)7-2)21(28)17-11-18(15(4)10-14(17)3)29-20-12-24-22(23-5)30-20/h7,10-12,16H,2,6,8-9,13H2,1,3-5H3,(H,23,24). The molecule has 1 atom stereocenters. The molecule has 1 N–H and O–H groups in total. The molecule has 2 heterocycles. The largest absolute Gasteiger partial charge is 0.365 e. The number of piperazine rings is 1. The van der Waals surface area contributed by atoms with Crippen LogP contribution in [0.15, 0.2) is 40.1 Å². The second kappa shape index (κ2) is 9.66. The summed E-state index contributed by atoms with van der Waals surface area (Å²) in [6.45, 7) is 11.3. The SMILES string of the molecule is C=CC(=O)N1CCN(C(=O)c2cc(Sc3cnc(NC)s3)c(C)cc2C)CC1CC. The molecule has 1 aromatic heterocycles. The van der Waals surface area contributed by atoms with Crippen LogP contribution < -0.4 is 5.32 Å². The van der Waals surface area contributed by atoms with Gasteiger partial charge in [-0.1, -0.05) is 42.7 Å². The molecule has 2 amide bonds. The second-order valence-corrected chi connectivity index (χ2v) is 9.69. The molecule has 8 heteroatoms. The predicted molar refractivity (Wildman–Crippen MR) is 124 cm³/mol. The van der Waals surface area contributed by atoms with E-state index in [0.717, 1.165) is 37.3 Å². The van der Waals surface area contributed by atoms with Crippen LogP contribution in [-0.4, -0.2) is 59.3 Å². The number of aryl methyl sites for hydroxylation is 2. The van der Waals surface area contributed by atoms with E-state index in [2.05, 4.69) is 29.9 Å². The van der Waals surface area contributed by atoms with E-state index in [1.165, 1.54) is 6.08 Å². The highest BCUT2D eigenvalue weighted by atomic mass is 32.2. The third-order valence-corrected chi connectivity index (χ3v) is 7.64. The Balaban J connectivity index is 1.81. The Morgan fingerprint density at radius 1 is 1.33 bits per heavy atom. The molecule has 3 rings (SSSR count). The van der Waals surface area contributed by atoms with Crippen molar-refractivity contribution in [2.75, 3.05) is 32.0 Å². The van der Waals surface area contributed by atoms with E-state index in [1.54, 1.807) is 23.1 Å². The lowest BCUT2D eigenvalue weighted by Gasteiger charge is -2.41. The Bertz CT molecular complexity index is 957. The lowest BCUT2D eigenvalue weighted by molar-refractivity contribution is -0.130. The van der Waals surface area contributed by atoms with E-state index in [4.69, 9.17) is 0 Å². The van der Waals surface area contributed by atoms with Crippen molar-refractivity contribution in [3.8, 4) is 0 Å². The van der Waals surface area contributed by atoms with Gasteiger partial charge in [0.1, 0.15) is 0 Å². The van der Waals surface area contributed by atoms with E-state index >= 15 is 0 Å². The molecule has 0 bridgehead atoms. The van der Waals surface area contributed by atoms with Crippen molar-refractivity contribution in [3.05, 3.63) is 47.7 Å². The molecule has 1 saturated heterocycles. The smallest absolute Gasteiger partial charge is 0.254 e. The first-order valence-electron chi connectivity index (χ1n) is 10.0. The summed E-state index contributed by atoms with van der Waals surface area (Å²) >= 11 is 3.22. The summed E-state index contributed by atoms with van der Waals surface area (Å²) < 4.78 is 1.08. The van der Waals surface area contributed by atoms with Crippen LogP contribution in [0, 0.1) is 13.8 Å². The van der Waals surface area contributed by atoms with Crippen molar-refractivity contribution in [2.45, 2.75) is 42.3 Å². The summed E-state index contributed by atoms with van der Waals surface area (Å²) in [7, 11) is 1.85. The van der Waals surface area contributed by atoms with Crippen molar-refractivity contribution in [3.63, 3.8) is 0 Å². The Hall–Kier alpha value is -2.32. The van der Waals surface area contributed by atoms with Crippen LogP contribution in [0.4, 0.5) is 5.13 Å². The summed E-state index contributed by atoms with van der Waals surface area (Å²) in [5.74, 6) is -0.0385. The summed E-state index contributed by atoms with van der Waals surface area (Å²) in [4.78, 5) is 34.6. The number of anilines is 1. The minimum Gasteiger partial charge on any atom is -0.365 e. The van der Waals surface area contributed by atoms with Crippen LogP contribution in [-0.2, 0) is 4.79 Å². The number of hydrogen-bond donors (Lipinski definition) is 1. The Morgan fingerprint density at radius 3 is 2.73 bits per heavy atom. The quantitative estimate of drug-likeness (QED) is 0.677. The first-order chi connectivity index (χ1) is 14.4. The highest BCUT2D eigenvalue weighted by molar-refractivity contribution is 8.01. The van der Waals surface area contributed by atoms with E-state index in [9.17, 15) is 9.59 Å². The average molecular weight is 445 g/mol. The molecule has 30 heavy (non-hydrogen) atoms. The molecule has 6 nitrogen and oxygen atoms in total. The van der Waals surface area contributed by atoms with E-state index < -0.39 is 0 Å². The van der Waals surface area contributed by atoms with Crippen LogP contribution in [0.1, 0.15) is 34.8 Å². The number of nitrogens with one attached hydrogen (secondary N) is 1. The van der Waals surface area contributed by atoms with Gasteiger partial charge < -0.3 is 15.1 Å². The van der Waals surface area contributed by atoms with Crippen LogP contribution in [0.2, 0.25) is 0 Å². The maximum absolute atomic E-state index is 13.4. The van der Waals surface area contributed by atoms with Crippen LogP contribution >= 0.6 is 23.1 Å². The van der Waals surface area contributed by atoms with Gasteiger partial charge in [0.05, 0.1) is 10.4 Å². The van der Waals surface area contributed by atoms with Gasteiger partial charge in [-0.3, -0.25) is 9.59 Å². The minimum atomic E-state index is -0.0651. The number of nitrogens with zero attached hydrogens (tertiary/aromatic N) is 3. The lowest BCUT2D eigenvalue weighted by atomic mass is 10.0. The maximum Gasteiger partial charge on any atom is 0.254 e. The maximum atomic E-state index is 13.4. The minimum absolute atomic E-state index is 0.0185. The van der Waals surface area contributed by atoms with Crippen LogP contribution in [0.3, 0.4) is 0 Å². The molecule has 1 aromatic carbocycles. The number of rotatable bonds is 6. The van der Waals surface area contributed by atoms with Crippen molar-refractivity contribution >= 4 is 40.0 Å².